The van der Waals surface area contributed by atoms with Crippen LogP contribution in [0.1, 0.15) is 33.9 Å². The Bertz CT molecular complexity index is 669. The molecule has 0 heterocycles. The van der Waals surface area contributed by atoms with Crippen LogP contribution in [-0.4, -0.2) is 5.91 Å². The van der Waals surface area contributed by atoms with E-state index in [1.165, 1.54) is 11.1 Å². The van der Waals surface area contributed by atoms with Crippen molar-refractivity contribution in [3.8, 4) is 0 Å². The van der Waals surface area contributed by atoms with E-state index in [9.17, 15) is 4.79 Å². The second kappa shape index (κ2) is 5.17. The first-order chi connectivity index (χ1) is 9.65. The molecule has 2 aromatic carbocycles. The molecule has 0 aliphatic heterocycles. The molecule has 0 saturated carbocycles. The lowest BCUT2D eigenvalue weighted by Crippen LogP contribution is -2.13. The first kappa shape index (κ1) is 13.0. The fourth-order valence-electron chi connectivity index (χ4n) is 2.71. The van der Waals surface area contributed by atoms with E-state index < -0.39 is 5.91 Å². The van der Waals surface area contributed by atoms with Crippen molar-refractivity contribution < 1.29 is 4.79 Å². The van der Waals surface area contributed by atoms with Gasteiger partial charge >= 0.3 is 0 Å². The summed E-state index contributed by atoms with van der Waals surface area (Å²) in [5.41, 5.74) is 9.24. The first-order valence-corrected chi connectivity index (χ1v) is 6.96. The summed E-state index contributed by atoms with van der Waals surface area (Å²) in [6.07, 6.45) is 2.12. The molecule has 0 fully saturated rings. The van der Waals surface area contributed by atoms with Gasteiger partial charge in [-0.15, -0.1) is 0 Å². The molecule has 0 spiro atoms. The second-order valence-electron chi connectivity index (χ2n) is 4.99. The Morgan fingerprint density at radius 2 is 2.05 bits per heavy atom. The Balaban J connectivity index is 1.86. The van der Waals surface area contributed by atoms with Crippen LogP contribution in [0.25, 0.3) is 0 Å². The molecule has 4 heteroatoms. The SMILES string of the molecule is NC(=O)c1cc(NC2CCc3ccccc32)ccc1Cl. The number of aryl methyl sites for hydroxylation is 1. The Morgan fingerprint density at radius 1 is 1.25 bits per heavy atom. The minimum absolute atomic E-state index is 0.271. The molecule has 0 radical (unpaired) electrons. The summed E-state index contributed by atoms with van der Waals surface area (Å²) in [5, 5.41) is 3.84. The van der Waals surface area contributed by atoms with Crippen LogP contribution >= 0.6 is 11.6 Å². The van der Waals surface area contributed by atoms with E-state index in [0.29, 0.717) is 10.6 Å². The lowest BCUT2D eigenvalue weighted by molar-refractivity contribution is 0.100. The largest absolute Gasteiger partial charge is 0.378 e. The number of fused-ring (bicyclic) bond motifs is 1. The van der Waals surface area contributed by atoms with Crippen molar-refractivity contribution in [3.05, 3.63) is 64.2 Å². The molecular formula is C16H15ClN2O. The van der Waals surface area contributed by atoms with Crippen molar-refractivity contribution in [1.29, 1.82) is 0 Å². The van der Waals surface area contributed by atoms with E-state index in [-0.39, 0.29) is 6.04 Å². The third-order valence-corrected chi connectivity index (χ3v) is 4.04. The van der Waals surface area contributed by atoms with Crippen molar-refractivity contribution in [1.82, 2.24) is 0 Å². The minimum atomic E-state index is -0.509. The highest BCUT2D eigenvalue weighted by Gasteiger charge is 2.21. The zero-order valence-corrected chi connectivity index (χ0v) is 11.7. The maximum Gasteiger partial charge on any atom is 0.250 e. The molecule has 102 valence electrons. The van der Waals surface area contributed by atoms with Crippen LogP contribution in [0.2, 0.25) is 5.02 Å². The van der Waals surface area contributed by atoms with Crippen molar-refractivity contribution in [3.63, 3.8) is 0 Å². The molecule has 2 aromatic rings. The summed E-state index contributed by atoms with van der Waals surface area (Å²) in [5.74, 6) is -0.509. The minimum Gasteiger partial charge on any atom is -0.378 e. The van der Waals surface area contributed by atoms with Crippen LogP contribution in [-0.2, 0) is 6.42 Å². The lowest BCUT2D eigenvalue weighted by atomic mass is 10.1. The van der Waals surface area contributed by atoms with Crippen LogP contribution in [0, 0.1) is 0 Å². The molecule has 1 aliphatic rings. The number of amides is 1. The molecule has 0 bridgehead atoms. The second-order valence-corrected chi connectivity index (χ2v) is 5.40. The van der Waals surface area contributed by atoms with E-state index in [0.717, 1.165) is 18.5 Å². The Labute approximate surface area is 122 Å². The summed E-state index contributed by atoms with van der Waals surface area (Å²) < 4.78 is 0. The van der Waals surface area contributed by atoms with Crippen molar-refractivity contribution in [2.75, 3.05) is 5.32 Å². The number of rotatable bonds is 3. The van der Waals surface area contributed by atoms with Crippen LogP contribution in [0.3, 0.4) is 0 Å². The normalized spacial score (nSPS) is 16.8. The number of anilines is 1. The molecule has 20 heavy (non-hydrogen) atoms. The maximum atomic E-state index is 11.3. The van der Waals surface area contributed by atoms with Gasteiger partial charge in [-0.05, 0) is 42.2 Å². The molecule has 1 amide bonds. The number of benzene rings is 2. The summed E-state index contributed by atoms with van der Waals surface area (Å²) in [6, 6.07) is 14.0. The van der Waals surface area contributed by atoms with E-state index in [1.54, 1.807) is 12.1 Å². The number of carbonyl (C=O) groups excluding carboxylic acids is 1. The Hall–Kier alpha value is -2.00. The molecule has 1 unspecified atom stereocenters. The van der Waals surface area contributed by atoms with Crippen molar-refractivity contribution >= 4 is 23.2 Å². The van der Waals surface area contributed by atoms with Crippen LogP contribution < -0.4 is 11.1 Å². The summed E-state index contributed by atoms with van der Waals surface area (Å²) in [4.78, 5) is 11.3. The standard InChI is InChI=1S/C16H15ClN2O/c17-14-7-6-11(9-13(14)16(18)20)19-15-8-5-10-3-1-2-4-12(10)15/h1-4,6-7,9,15,19H,5,8H2,(H2,18,20). The summed E-state index contributed by atoms with van der Waals surface area (Å²) in [7, 11) is 0. The molecule has 0 aromatic heterocycles. The first-order valence-electron chi connectivity index (χ1n) is 6.59. The average molecular weight is 287 g/mol. The van der Waals surface area contributed by atoms with Gasteiger partial charge in [0.15, 0.2) is 0 Å². The number of nitrogens with two attached hydrogens (primary N) is 1. The summed E-state index contributed by atoms with van der Waals surface area (Å²) in [6.45, 7) is 0. The van der Waals surface area contributed by atoms with Gasteiger partial charge in [0.25, 0.3) is 0 Å². The van der Waals surface area contributed by atoms with Gasteiger partial charge in [-0.25, -0.2) is 0 Å². The van der Waals surface area contributed by atoms with Gasteiger partial charge in [-0.3, -0.25) is 4.79 Å². The molecule has 1 aliphatic carbocycles. The van der Waals surface area contributed by atoms with Gasteiger partial charge in [0.1, 0.15) is 0 Å². The number of hydrogen-bond acceptors (Lipinski definition) is 2. The van der Waals surface area contributed by atoms with Gasteiger partial charge < -0.3 is 11.1 Å². The zero-order chi connectivity index (χ0) is 14.1. The van der Waals surface area contributed by atoms with Crippen molar-refractivity contribution in [2.45, 2.75) is 18.9 Å². The fourth-order valence-corrected chi connectivity index (χ4v) is 2.92. The van der Waals surface area contributed by atoms with E-state index in [1.807, 2.05) is 6.07 Å². The monoisotopic (exact) mass is 286 g/mol. The molecule has 3 N–H and O–H groups in total. The molecule has 1 atom stereocenters. The predicted molar refractivity (Wildman–Crippen MR) is 81.1 cm³/mol. The average Bonchev–Trinajstić information content (AvgIpc) is 2.84. The number of primary amides is 1. The molecule has 3 nitrogen and oxygen atoms in total. The topological polar surface area (TPSA) is 55.1 Å². The van der Waals surface area contributed by atoms with Gasteiger partial charge in [0.2, 0.25) is 5.91 Å². The fraction of sp³-hybridized carbons (Fsp3) is 0.188. The lowest BCUT2D eigenvalue weighted by Gasteiger charge is -2.16. The van der Waals surface area contributed by atoms with Gasteiger partial charge in [-0.2, -0.15) is 0 Å². The quantitative estimate of drug-likeness (QED) is 0.907. The Kier molecular flexibility index (Phi) is 3.36. The number of hydrogen-bond donors (Lipinski definition) is 2. The predicted octanol–water partition coefficient (Wildman–Crippen LogP) is 3.54. The highest BCUT2D eigenvalue weighted by Crippen LogP contribution is 2.34. The third-order valence-electron chi connectivity index (χ3n) is 3.71. The van der Waals surface area contributed by atoms with E-state index in [4.69, 9.17) is 17.3 Å². The zero-order valence-electron chi connectivity index (χ0n) is 10.9. The highest BCUT2D eigenvalue weighted by molar-refractivity contribution is 6.33. The summed E-state index contributed by atoms with van der Waals surface area (Å²) >= 11 is 5.96. The number of carbonyl (C=O) groups is 1. The maximum absolute atomic E-state index is 11.3. The molecule has 0 saturated heterocycles. The number of halogens is 1. The third kappa shape index (κ3) is 2.37. The Morgan fingerprint density at radius 3 is 2.85 bits per heavy atom. The van der Waals surface area contributed by atoms with Gasteiger partial charge in [0.05, 0.1) is 16.6 Å². The van der Waals surface area contributed by atoms with Gasteiger partial charge in [0, 0.05) is 5.69 Å². The highest BCUT2D eigenvalue weighted by atomic mass is 35.5. The van der Waals surface area contributed by atoms with Crippen LogP contribution in [0.15, 0.2) is 42.5 Å². The van der Waals surface area contributed by atoms with Crippen LogP contribution in [0.5, 0.6) is 0 Å². The van der Waals surface area contributed by atoms with E-state index in [2.05, 4.69) is 29.6 Å². The van der Waals surface area contributed by atoms with E-state index >= 15 is 0 Å². The van der Waals surface area contributed by atoms with Crippen molar-refractivity contribution in [2.24, 2.45) is 5.73 Å². The molecular weight excluding hydrogens is 272 g/mol. The number of nitrogens with one attached hydrogen (secondary N) is 1. The smallest absolute Gasteiger partial charge is 0.250 e. The van der Waals surface area contributed by atoms with Crippen LogP contribution in [0.4, 0.5) is 5.69 Å². The van der Waals surface area contributed by atoms with Gasteiger partial charge in [-0.1, -0.05) is 35.9 Å². The molecule has 3 rings (SSSR count).